The summed E-state index contributed by atoms with van der Waals surface area (Å²) in [5, 5.41) is 6.70. The molecular weight excluding hydrogens is 470 g/mol. The fourth-order valence-corrected chi connectivity index (χ4v) is 4.14. The summed E-state index contributed by atoms with van der Waals surface area (Å²) in [6.45, 7) is 2.04. The lowest BCUT2D eigenvalue weighted by atomic mass is 10.2. The van der Waals surface area contributed by atoms with Crippen molar-refractivity contribution < 1.29 is 17.9 Å². The highest BCUT2D eigenvalue weighted by Crippen LogP contribution is 2.21. The van der Waals surface area contributed by atoms with Crippen LogP contribution in [-0.2, 0) is 14.8 Å². The molecule has 3 N–H and O–H groups in total. The zero-order valence-corrected chi connectivity index (χ0v) is 19.4. The first-order valence-corrected chi connectivity index (χ1v) is 11.8. The smallest absolute Gasteiger partial charge is 0.338 e. The molecule has 0 amide bonds. The fourth-order valence-electron chi connectivity index (χ4n) is 2.67. The number of nitrogens with one attached hydrogen (secondary N) is 3. The molecule has 166 valence electrons. The van der Waals surface area contributed by atoms with Crippen molar-refractivity contribution in [1.82, 2.24) is 0 Å². The van der Waals surface area contributed by atoms with Crippen LogP contribution in [-0.4, -0.2) is 26.1 Å². The highest BCUT2D eigenvalue weighted by Gasteiger charge is 2.15. The molecule has 0 heterocycles. The van der Waals surface area contributed by atoms with Gasteiger partial charge in [-0.05, 0) is 85.9 Å². The van der Waals surface area contributed by atoms with Crippen molar-refractivity contribution >= 4 is 62.0 Å². The average molecular weight is 490 g/mol. The number of thiocarbonyl (C=S) groups is 1. The zero-order chi connectivity index (χ0) is 23.1. The quantitative estimate of drug-likeness (QED) is 0.313. The van der Waals surface area contributed by atoms with E-state index >= 15 is 0 Å². The molecule has 0 unspecified atom stereocenters. The van der Waals surface area contributed by atoms with E-state index in [1.807, 2.05) is 0 Å². The van der Waals surface area contributed by atoms with Crippen molar-refractivity contribution in [2.24, 2.45) is 0 Å². The van der Waals surface area contributed by atoms with Gasteiger partial charge in [0.15, 0.2) is 5.11 Å². The predicted octanol–water partition coefficient (Wildman–Crippen LogP) is 5.13. The van der Waals surface area contributed by atoms with E-state index in [1.54, 1.807) is 67.6 Å². The lowest BCUT2D eigenvalue weighted by Crippen LogP contribution is -2.19. The van der Waals surface area contributed by atoms with Crippen LogP contribution in [0.25, 0.3) is 0 Å². The second-order valence-corrected chi connectivity index (χ2v) is 9.04. The van der Waals surface area contributed by atoms with Crippen molar-refractivity contribution in [3.05, 3.63) is 83.4 Å². The molecule has 0 bridgehead atoms. The highest BCUT2D eigenvalue weighted by molar-refractivity contribution is 7.92. The molecule has 0 fully saturated rings. The van der Waals surface area contributed by atoms with Crippen LogP contribution >= 0.6 is 23.8 Å². The molecule has 0 aromatic heterocycles. The Morgan fingerprint density at radius 1 is 0.938 bits per heavy atom. The largest absolute Gasteiger partial charge is 0.462 e. The number of benzene rings is 3. The standard InChI is InChI=1S/C22H20ClN3O4S2/c1-2-30-21(27)15-6-10-17(11-7-15)24-22(31)25-19-4-3-5-20(14-19)32(28,29)26-18-12-8-16(23)9-13-18/h3-14,26H,2H2,1H3,(H2,24,25,31). The summed E-state index contributed by atoms with van der Waals surface area (Å²) in [7, 11) is -3.80. The second-order valence-electron chi connectivity index (χ2n) is 6.52. The van der Waals surface area contributed by atoms with Crippen molar-refractivity contribution in [2.45, 2.75) is 11.8 Å². The number of rotatable bonds is 7. The van der Waals surface area contributed by atoms with Gasteiger partial charge >= 0.3 is 5.97 Å². The Balaban J connectivity index is 1.65. The van der Waals surface area contributed by atoms with Crippen LogP contribution in [0, 0.1) is 0 Å². The SMILES string of the molecule is CCOC(=O)c1ccc(NC(=S)Nc2cccc(S(=O)(=O)Nc3ccc(Cl)cc3)c2)cc1. The molecule has 7 nitrogen and oxygen atoms in total. The summed E-state index contributed by atoms with van der Waals surface area (Å²) in [5.41, 5.74) is 1.98. The molecule has 3 aromatic rings. The van der Waals surface area contributed by atoms with E-state index in [-0.39, 0.29) is 10.0 Å². The number of hydrogen-bond donors (Lipinski definition) is 3. The molecule has 0 atom stereocenters. The predicted molar refractivity (Wildman–Crippen MR) is 131 cm³/mol. The summed E-state index contributed by atoms with van der Waals surface area (Å²) < 4.78 is 32.8. The third-order valence-electron chi connectivity index (χ3n) is 4.15. The number of esters is 1. The third-order valence-corrected chi connectivity index (χ3v) is 5.99. The Hall–Kier alpha value is -3.14. The van der Waals surface area contributed by atoms with Crippen LogP contribution in [0.5, 0.6) is 0 Å². The summed E-state index contributed by atoms with van der Waals surface area (Å²) in [6, 6.07) is 19.2. The first kappa shape index (κ1) is 23.5. The fraction of sp³-hybridized carbons (Fsp3) is 0.0909. The van der Waals surface area contributed by atoms with Gasteiger partial charge in [0, 0.05) is 22.1 Å². The topological polar surface area (TPSA) is 96.5 Å². The van der Waals surface area contributed by atoms with Crippen LogP contribution in [0.1, 0.15) is 17.3 Å². The van der Waals surface area contributed by atoms with E-state index in [9.17, 15) is 13.2 Å². The molecular formula is C22H20ClN3O4S2. The Kier molecular flexibility index (Phi) is 7.68. The molecule has 0 spiro atoms. The maximum absolute atomic E-state index is 12.7. The van der Waals surface area contributed by atoms with Gasteiger partial charge in [-0.15, -0.1) is 0 Å². The van der Waals surface area contributed by atoms with E-state index in [0.717, 1.165) is 0 Å². The Labute approximate surface area is 196 Å². The first-order valence-electron chi connectivity index (χ1n) is 9.50. The molecule has 0 saturated heterocycles. The first-order chi connectivity index (χ1) is 15.3. The molecule has 0 aliphatic rings. The summed E-state index contributed by atoms with van der Waals surface area (Å²) >= 11 is 11.1. The van der Waals surface area contributed by atoms with Crippen molar-refractivity contribution in [3.8, 4) is 0 Å². The van der Waals surface area contributed by atoms with Gasteiger partial charge in [-0.3, -0.25) is 4.72 Å². The van der Waals surface area contributed by atoms with Gasteiger partial charge in [-0.2, -0.15) is 0 Å². The normalized spacial score (nSPS) is 10.8. The van der Waals surface area contributed by atoms with Crippen LogP contribution < -0.4 is 15.4 Å². The van der Waals surface area contributed by atoms with Crippen molar-refractivity contribution in [2.75, 3.05) is 22.0 Å². The van der Waals surface area contributed by atoms with Crippen molar-refractivity contribution in [1.29, 1.82) is 0 Å². The number of carbonyl (C=O) groups excluding carboxylic acids is 1. The zero-order valence-electron chi connectivity index (χ0n) is 17.0. The van der Waals surface area contributed by atoms with Crippen LogP contribution in [0.3, 0.4) is 0 Å². The molecule has 3 aromatic carbocycles. The maximum Gasteiger partial charge on any atom is 0.338 e. The van der Waals surface area contributed by atoms with Gasteiger partial charge in [0.1, 0.15) is 0 Å². The monoisotopic (exact) mass is 489 g/mol. The van der Waals surface area contributed by atoms with Crippen LogP contribution in [0.4, 0.5) is 17.1 Å². The van der Waals surface area contributed by atoms with Crippen LogP contribution in [0.2, 0.25) is 5.02 Å². The van der Waals surface area contributed by atoms with Gasteiger partial charge in [-0.25, -0.2) is 13.2 Å². The van der Waals surface area contributed by atoms with Gasteiger partial charge in [0.05, 0.1) is 17.1 Å². The molecule has 0 aliphatic heterocycles. The molecule has 10 heteroatoms. The summed E-state index contributed by atoms with van der Waals surface area (Å²) in [5.74, 6) is -0.398. The molecule has 3 rings (SSSR count). The Morgan fingerprint density at radius 2 is 1.56 bits per heavy atom. The maximum atomic E-state index is 12.7. The highest BCUT2D eigenvalue weighted by atomic mass is 35.5. The van der Waals surface area contributed by atoms with E-state index in [1.165, 1.54) is 12.1 Å². The van der Waals surface area contributed by atoms with E-state index in [4.69, 9.17) is 28.6 Å². The second kappa shape index (κ2) is 10.4. The van der Waals surface area contributed by atoms with Crippen LogP contribution in [0.15, 0.2) is 77.7 Å². The number of carbonyl (C=O) groups is 1. The number of hydrogen-bond acceptors (Lipinski definition) is 5. The minimum atomic E-state index is -3.80. The number of halogens is 1. The molecule has 32 heavy (non-hydrogen) atoms. The Morgan fingerprint density at radius 3 is 2.22 bits per heavy atom. The van der Waals surface area contributed by atoms with E-state index in [2.05, 4.69) is 15.4 Å². The average Bonchev–Trinajstić information content (AvgIpc) is 2.76. The molecule has 0 radical (unpaired) electrons. The van der Waals surface area contributed by atoms with Gasteiger partial charge in [0.25, 0.3) is 10.0 Å². The van der Waals surface area contributed by atoms with Gasteiger partial charge < -0.3 is 15.4 Å². The number of sulfonamides is 1. The third kappa shape index (κ3) is 6.43. The number of ether oxygens (including phenoxy) is 1. The number of anilines is 3. The summed E-state index contributed by atoms with van der Waals surface area (Å²) in [4.78, 5) is 11.8. The van der Waals surface area contributed by atoms with E-state index in [0.29, 0.717) is 34.3 Å². The minimum absolute atomic E-state index is 0.0686. The summed E-state index contributed by atoms with van der Waals surface area (Å²) in [6.07, 6.45) is 0. The lowest BCUT2D eigenvalue weighted by Gasteiger charge is -2.13. The molecule has 0 saturated carbocycles. The minimum Gasteiger partial charge on any atom is -0.462 e. The van der Waals surface area contributed by atoms with Crippen molar-refractivity contribution in [3.63, 3.8) is 0 Å². The van der Waals surface area contributed by atoms with Gasteiger partial charge in [-0.1, -0.05) is 17.7 Å². The molecule has 0 aliphatic carbocycles. The van der Waals surface area contributed by atoms with Gasteiger partial charge in [0.2, 0.25) is 0 Å². The lowest BCUT2D eigenvalue weighted by molar-refractivity contribution is 0.0526. The van der Waals surface area contributed by atoms with E-state index < -0.39 is 16.0 Å². The Bertz CT molecular complexity index is 1210.